The Kier molecular flexibility index (Phi) is 4.33. The van der Waals surface area contributed by atoms with Gasteiger partial charge in [0, 0.05) is 24.7 Å². The Morgan fingerprint density at radius 1 is 1.53 bits per heavy atom. The summed E-state index contributed by atoms with van der Waals surface area (Å²) >= 11 is 0. The Balaban J connectivity index is 2.42. The summed E-state index contributed by atoms with van der Waals surface area (Å²) in [6.45, 7) is 7.84. The molecule has 0 saturated heterocycles. The number of carboxylic acid groups (broad SMARTS) is 1. The zero-order valence-corrected chi connectivity index (χ0v) is 9.86. The summed E-state index contributed by atoms with van der Waals surface area (Å²) in [5.74, 6) is 0.0380. The molecule has 3 nitrogen and oxygen atoms in total. The average molecular weight is 211 g/mol. The van der Waals surface area contributed by atoms with Gasteiger partial charge < -0.3 is 5.11 Å². The minimum absolute atomic E-state index is 0.441. The van der Waals surface area contributed by atoms with E-state index in [4.69, 9.17) is 5.11 Å². The normalized spacial score (nSPS) is 17.5. The number of rotatable bonds is 6. The maximum absolute atomic E-state index is 10.6. The molecule has 0 radical (unpaired) electrons. The van der Waals surface area contributed by atoms with E-state index in [1.807, 2.05) is 6.08 Å². The van der Waals surface area contributed by atoms with Gasteiger partial charge in [0.1, 0.15) is 0 Å². The lowest BCUT2D eigenvalue weighted by molar-refractivity contribution is -0.132. The molecule has 3 heteroatoms. The fourth-order valence-electron chi connectivity index (χ4n) is 1.47. The van der Waals surface area contributed by atoms with Gasteiger partial charge in [-0.15, -0.1) is 0 Å². The van der Waals surface area contributed by atoms with Crippen LogP contribution in [0.1, 0.15) is 33.6 Å². The van der Waals surface area contributed by atoms with Crippen LogP contribution in [-0.4, -0.2) is 35.1 Å². The van der Waals surface area contributed by atoms with E-state index < -0.39 is 5.97 Å². The second-order valence-electron chi connectivity index (χ2n) is 4.68. The SMILES string of the molecule is CC(=CCN(CC1CC1)C(C)C)C(=O)O. The van der Waals surface area contributed by atoms with Crippen molar-refractivity contribution < 1.29 is 9.90 Å². The van der Waals surface area contributed by atoms with Gasteiger partial charge in [0.05, 0.1) is 0 Å². The highest BCUT2D eigenvalue weighted by Gasteiger charge is 2.24. The Bertz CT molecular complexity index is 254. The highest BCUT2D eigenvalue weighted by Crippen LogP contribution is 2.30. The highest BCUT2D eigenvalue weighted by molar-refractivity contribution is 5.85. The van der Waals surface area contributed by atoms with Gasteiger partial charge in [-0.3, -0.25) is 4.90 Å². The maximum Gasteiger partial charge on any atom is 0.330 e. The van der Waals surface area contributed by atoms with Crippen molar-refractivity contribution in [2.24, 2.45) is 5.92 Å². The second kappa shape index (κ2) is 5.31. The summed E-state index contributed by atoms with van der Waals surface area (Å²) in [4.78, 5) is 13.0. The van der Waals surface area contributed by atoms with Crippen molar-refractivity contribution >= 4 is 5.97 Å². The Morgan fingerprint density at radius 3 is 2.53 bits per heavy atom. The number of carboxylic acids is 1. The van der Waals surface area contributed by atoms with Gasteiger partial charge in [-0.25, -0.2) is 4.79 Å². The van der Waals surface area contributed by atoms with Crippen LogP contribution in [-0.2, 0) is 4.79 Å². The van der Waals surface area contributed by atoms with Crippen LogP contribution < -0.4 is 0 Å². The zero-order valence-electron chi connectivity index (χ0n) is 9.86. The van der Waals surface area contributed by atoms with E-state index in [0.29, 0.717) is 11.6 Å². The molecule has 86 valence electrons. The zero-order chi connectivity index (χ0) is 11.4. The molecule has 1 fully saturated rings. The van der Waals surface area contributed by atoms with E-state index in [1.165, 1.54) is 12.8 Å². The molecular formula is C12H21NO2. The van der Waals surface area contributed by atoms with E-state index in [1.54, 1.807) is 6.92 Å². The minimum atomic E-state index is -0.815. The van der Waals surface area contributed by atoms with Gasteiger partial charge in [-0.2, -0.15) is 0 Å². The summed E-state index contributed by atoms with van der Waals surface area (Å²) in [5.41, 5.74) is 0.441. The molecule has 0 heterocycles. The van der Waals surface area contributed by atoms with Crippen LogP contribution in [0.4, 0.5) is 0 Å². The number of nitrogens with zero attached hydrogens (tertiary/aromatic N) is 1. The van der Waals surface area contributed by atoms with Gasteiger partial charge in [-0.05, 0) is 39.5 Å². The third-order valence-electron chi connectivity index (χ3n) is 2.89. The highest BCUT2D eigenvalue weighted by atomic mass is 16.4. The van der Waals surface area contributed by atoms with Crippen LogP contribution in [0.3, 0.4) is 0 Å². The summed E-state index contributed by atoms with van der Waals surface area (Å²) in [6, 6.07) is 0.489. The van der Waals surface area contributed by atoms with Crippen LogP contribution in [0.5, 0.6) is 0 Å². The van der Waals surface area contributed by atoms with Crippen molar-refractivity contribution in [3.63, 3.8) is 0 Å². The second-order valence-corrected chi connectivity index (χ2v) is 4.68. The lowest BCUT2D eigenvalue weighted by Crippen LogP contribution is -2.33. The van der Waals surface area contributed by atoms with Crippen LogP contribution in [0.15, 0.2) is 11.6 Å². The molecule has 1 aliphatic rings. The van der Waals surface area contributed by atoms with E-state index >= 15 is 0 Å². The molecule has 0 aliphatic heterocycles. The monoisotopic (exact) mass is 211 g/mol. The number of hydrogen-bond acceptors (Lipinski definition) is 2. The summed E-state index contributed by atoms with van der Waals surface area (Å²) < 4.78 is 0. The van der Waals surface area contributed by atoms with E-state index in [9.17, 15) is 4.79 Å². The first kappa shape index (κ1) is 12.2. The molecule has 1 N–H and O–H groups in total. The third-order valence-corrected chi connectivity index (χ3v) is 2.89. The molecule has 15 heavy (non-hydrogen) atoms. The van der Waals surface area contributed by atoms with Crippen LogP contribution in [0, 0.1) is 5.92 Å². The van der Waals surface area contributed by atoms with Crippen molar-refractivity contribution in [1.29, 1.82) is 0 Å². The Hall–Kier alpha value is -0.830. The average Bonchev–Trinajstić information content (AvgIpc) is 2.94. The summed E-state index contributed by atoms with van der Waals surface area (Å²) in [7, 11) is 0. The minimum Gasteiger partial charge on any atom is -0.478 e. The smallest absolute Gasteiger partial charge is 0.330 e. The van der Waals surface area contributed by atoms with Crippen molar-refractivity contribution in [3.05, 3.63) is 11.6 Å². The molecule has 0 aromatic carbocycles. The summed E-state index contributed by atoms with van der Waals surface area (Å²) in [5, 5.41) is 8.74. The lowest BCUT2D eigenvalue weighted by atomic mass is 10.2. The molecule has 1 aliphatic carbocycles. The fraction of sp³-hybridized carbons (Fsp3) is 0.750. The van der Waals surface area contributed by atoms with Gasteiger partial charge >= 0.3 is 5.97 Å². The molecular weight excluding hydrogens is 190 g/mol. The van der Waals surface area contributed by atoms with Gasteiger partial charge in [-0.1, -0.05) is 6.08 Å². The van der Waals surface area contributed by atoms with Gasteiger partial charge in [0.15, 0.2) is 0 Å². The number of carbonyl (C=O) groups is 1. The van der Waals surface area contributed by atoms with Crippen molar-refractivity contribution in [1.82, 2.24) is 4.90 Å². The first-order valence-electron chi connectivity index (χ1n) is 5.64. The molecule has 0 spiro atoms. The lowest BCUT2D eigenvalue weighted by Gasteiger charge is -2.25. The maximum atomic E-state index is 10.6. The molecule has 1 saturated carbocycles. The van der Waals surface area contributed by atoms with Crippen LogP contribution in [0.25, 0.3) is 0 Å². The molecule has 0 bridgehead atoms. The molecule has 0 aromatic rings. The van der Waals surface area contributed by atoms with E-state index in [2.05, 4.69) is 18.7 Å². The summed E-state index contributed by atoms with van der Waals surface area (Å²) in [6.07, 6.45) is 4.49. The number of hydrogen-bond donors (Lipinski definition) is 1. The number of aliphatic carboxylic acids is 1. The molecule has 0 atom stereocenters. The van der Waals surface area contributed by atoms with E-state index in [-0.39, 0.29) is 0 Å². The predicted octanol–water partition coefficient (Wildman–Crippen LogP) is 2.14. The van der Waals surface area contributed by atoms with Crippen molar-refractivity contribution in [2.45, 2.75) is 39.7 Å². The largest absolute Gasteiger partial charge is 0.478 e. The first-order valence-corrected chi connectivity index (χ1v) is 5.64. The fourth-order valence-corrected chi connectivity index (χ4v) is 1.47. The van der Waals surface area contributed by atoms with Crippen LogP contribution in [0.2, 0.25) is 0 Å². The van der Waals surface area contributed by atoms with Crippen LogP contribution >= 0.6 is 0 Å². The topological polar surface area (TPSA) is 40.5 Å². The molecule has 0 aromatic heterocycles. The third kappa shape index (κ3) is 4.47. The standard InChI is InChI=1S/C12H21NO2/c1-9(2)13(8-11-4-5-11)7-6-10(3)12(14)15/h6,9,11H,4-5,7-8H2,1-3H3,(H,14,15). The Morgan fingerprint density at radius 2 is 2.13 bits per heavy atom. The van der Waals surface area contributed by atoms with Crippen molar-refractivity contribution in [3.8, 4) is 0 Å². The van der Waals surface area contributed by atoms with Gasteiger partial charge in [0.25, 0.3) is 0 Å². The van der Waals surface area contributed by atoms with E-state index in [0.717, 1.165) is 19.0 Å². The Labute approximate surface area is 91.8 Å². The molecule has 0 amide bonds. The van der Waals surface area contributed by atoms with Gasteiger partial charge in [0.2, 0.25) is 0 Å². The molecule has 0 unspecified atom stereocenters. The molecule has 1 rings (SSSR count). The first-order chi connectivity index (χ1) is 7.00. The van der Waals surface area contributed by atoms with Crippen molar-refractivity contribution in [2.75, 3.05) is 13.1 Å². The quantitative estimate of drug-likeness (QED) is 0.684. The predicted molar refractivity (Wildman–Crippen MR) is 60.8 cm³/mol.